The number of benzene rings is 1. The monoisotopic (exact) mass is 404 g/mol. The van der Waals surface area contributed by atoms with Crippen LogP contribution in [0.15, 0.2) is 24.3 Å². The fourth-order valence-electron chi connectivity index (χ4n) is 4.42. The van der Waals surface area contributed by atoms with Crippen LogP contribution in [0, 0.1) is 5.92 Å². The van der Waals surface area contributed by atoms with Gasteiger partial charge < -0.3 is 24.4 Å². The second kappa shape index (κ2) is 12.5. The summed E-state index contributed by atoms with van der Waals surface area (Å²) in [7, 11) is 2.19. The van der Waals surface area contributed by atoms with E-state index in [1.54, 1.807) is 0 Å². The molecule has 0 spiro atoms. The van der Waals surface area contributed by atoms with Crippen LogP contribution in [0.2, 0.25) is 0 Å². The summed E-state index contributed by atoms with van der Waals surface area (Å²) >= 11 is 0. The van der Waals surface area contributed by atoms with Crippen LogP contribution in [0.1, 0.15) is 50.5 Å². The number of nitrogens with zero attached hydrogens (tertiary/aromatic N) is 2. The molecule has 2 aliphatic heterocycles. The summed E-state index contributed by atoms with van der Waals surface area (Å²) in [4.78, 5) is 4.77. The van der Waals surface area contributed by atoms with Crippen LogP contribution >= 0.6 is 0 Å². The van der Waals surface area contributed by atoms with Gasteiger partial charge in [0.25, 0.3) is 0 Å². The highest BCUT2D eigenvalue weighted by atomic mass is 16.5. The van der Waals surface area contributed by atoms with Gasteiger partial charge >= 0.3 is 0 Å². The van der Waals surface area contributed by atoms with E-state index in [4.69, 9.17) is 9.47 Å². The van der Waals surface area contributed by atoms with Crippen LogP contribution in [0.25, 0.3) is 0 Å². The molecule has 1 unspecified atom stereocenters. The molecule has 0 bridgehead atoms. The Labute approximate surface area is 177 Å². The lowest BCUT2D eigenvalue weighted by molar-refractivity contribution is 0.0608. The van der Waals surface area contributed by atoms with Crippen molar-refractivity contribution in [3.8, 4) is 5.75 Å². The SMILES string of the molecule is CN(CCC1CCOCC1)Cc1cccc(OCC(O)CN2CCCCCC2)c1. The van der Waals surface area contributed by atoms with E-state index in [2.05, 4.69) is 35.0 Å². The van der Waals surface area contributed by atoms with Gasteiger partial charge in [-0.15, -0.1) is 0 Å². The van der Waals surface area contributed by atoms with E-state index in [1.165, 1.54) is 50.5 Å². The van der Waals surface area contributed by atoms with E-state index >= 15 is 0 Å². The van der Waals surface area contributed by atoms with Crippen LogP contribution in [0.5, 0.6) is 5.75 Å². The van der Waals surface area contributed by atoms with Crippen LogP contribution < -0.4 is 4.74 Å². The lowest BCUT2D eigenvalue weighted by atomic mass is 9.96. The normalized spacial score (nSPS) is 20.5. The Balaban J connectivity index is 1.37. The average molecular weight is 405 g/mol. The van der Waals surface area contributed by atoms with Gasteiger partial charge in [-0.3, -0.25) is 0 Å². The first-order valence-electron chi connectivity index (χ1n) is 11.6. The average Bonchev–Trinajstić information content (AvgIpc) is 3.00. The van der Waals surface area contributed by atoms with Crippen molar-refractivity contribution in [2.75, 3.05) is 53.0 Å². The Bertz CT molecular complexity index is 569. The molecule has 0 amide bonds. The minimum Gasteiger partial charge on any atom is -0.491 e. The number of aliphatic hydroxyl groups is 1. The quantitative estimate of drug-likeness (QED) is 0.646. The molecule has 1 N–H and O–H groups in total. The van der Waals surface area contributed by atoms with E-state index in [-0.39, 0.29) is 0 Å². The van der Waals surface area contributed by atoms with E-state index in [9.17, 15) is 5.11 Å². The van der Waals surface area contributed by atoms with Crippen molar-refractivity contribution >= 4 is 0 Å². The first kappa shape index (κ1) is 22.5. The number of aliphatic hydroxyl groups excluding tert-OH is 1. The van der Waals surface area contributed by atoms with Gasteiger partial charge in [0.05, 0.1) is 0 Å². The van der Waals surface area contributed by atoms with Gasteiger partial charge in [-0.25, -0.2) is 0 Å². The topological polar surface area (TPSA) is 45.2 Å². The molecule has 1 atom stereocenters. The molecule has 3 rings (SSSR count). The summed E-state index contributed by atoms with van der Waals surface area (Å²) in [5.74, 6) is 1.67. The van der Waals surface area contributed by atoms with Crippen LogP contribution in [0.3, 0.4) is 0 Å². The highest BCUT2D eigenvalue weighted by Gasteiger charge is 2.15. The van der Waals surface area contributed by atoms with Crippen LogP contribution in [-0.2, 0) is 11.3 Å². The second-order valence-corrected chi connectivity index (χ2v) is 8.91. The maximum atomic E-state index is 10.4. The van der Waals surface area contributed by atoms with Crippen molar-refractivity contribution in [1.29, 1.82) is 0 Å². The first-order chi connectivity index (χ1) is 14.2. The molecule has 0 aromatic heterocycles. The number of ether oxygens (including phenoxy) is 2. The third kappa shape index (κ3) is 8.63. The highest BCUT2D eigenvalue weighted by Crippen LogP contribution is 2.20. The Hall–Kier alpha value is -1.14. The summed E-state index contributed by atoms with van der Waals surface area (Å²) in [6.07, 6.45) is 8.36. The molecule has 0 saturated carbocycles. The third-order valence-electron chi connectivity index (χ3n) is 6.22. The number of β-amino-alcohol motifs (C(OH)–C–C–N with tert-alkyl or cyclic N) is 1. The summed E-state index contributed by atoms with van der Waals surface area (Å²) < 4.78 is 11.4. The van der Waals surface area contributed by atoms with E-state index < -0.39 is 6.10 Å². The highest BCUT2D eigenvalue weighted by molar-refractivity contribution is 5.28. The van der Waals surface area contributed by atoms with Crippen molar-refractivity contribution in [1.82, 2.24) is 9.80 Å². The number of likely N-dealkylation sites (tertiary alicyclic amines) is 1. The van der Waals surface area contributed by atoms with Gasteiger partial charge in [-0.2, -0.15) is 0 Å². The molecular weight excluding hydrogens is 364 g/mol. The van der Waals surface area contributed by atoms with Crippen molar-refractivity contribution in [3.63, 3.8) is 0 Å². The summed E-state index contributed by atoms with van der Waals surface area (Å²) in [6.45, 7) is 7.18. The van der Waals surface area contributed by atoms with Crippen molar-refractivity contribution in [2.45, 2.75) is 57.6 Å². The molecule has 2 saturated heterocycles. The maximum absolute atomic E-state index is 10.4. The molecule has 2 fully saturated rings. The summed E-state index contributed by atoms with van der Waals surface area (Å²) in [6, 6.07) is 8.32. The van der Waals surface area contributed by atoms with Gasteiger partial charge in [0.1, 0.15) is 18.5 Å². The van der Waals surface area contributed by atoms with Crippen LogP contribution in [-0.4, -0.2) is 74.1 Å². The van der Waals surface area contributed by atoms with Gasteiger partial charge in [0, 0.05) is 26.3 Å². The van der Waals surface area contributed by atoms with Gasteiger partial charge in [-0.1, -0.05) is 25.0 Å². The summed E-state index contributed by atoms with van der Waals surface area (Å²) in [5.41, 5.74) is 1.26. The van der Waals surface area contributed by atoms with Gasteiger partial charge in [0.15, 0.2) is 0 Å². The van der Waals surface area contributed by atoms with E-state index in [0.29, 0.717) is 13.2 Å². The smallest absolute Gasteiger partial charge is 0.119 e. The fourth-order valence-corrected chi connectivity index (χ4v) is 4.42. The first-order valence-corrected chi connectivity index (χ1v) is 11.6. The van der Waals surface area contributed by atoms with Crippen molar-refractivity contribution in [2.24, 2.45) is 5.92 Å². The fraction of sp³-hybridized carbons (Fsp3) is 0.750. The Kier molecular flexibility index (Phi) is 9.74. The molecule has 2 aliphatic rings. The minimum absolute atomic E-state index is 0.361. The zero-order valence-electron chi connectivity index (χ0n) is 18.2. The van der Waals surface area contributed by atoms with Crippen molar-refractivity contribution in [3.05, 3.63) is 29.8 Å². The molecule has 5 nitrogen and oxygen atoms in total. The zero-order chi connectivity index (χ0) is 20.3. The lowest BCUT2D eigenvalue weighted by Gasteiger charge is -2.25. The van der Waals surface area contributed by atoms with Crippen LogP contribution in [0.4, 0.5) is 0 Å². The van der Waals surface area contributed by atoms with E-state index in [1.807, 2.05) is 6.07 Å². The molecule has 164 valence electrons. The second-order valence-electron chi connectivity index (χ2n) is 8.91. The largest absolute Gasteiger partial charge is 0.491 e. The molecule has 2 heterocycles. The Morgan fingerprint density at radius 1 is 1.17 bits per heavy atom. The molecular formula is C24H40N2O3. The minimum atomic E-state index is -0.432. The molecule has 0 radical (unpaired) electrons. The molecule has 1 aromatic rings. The van der Waals surface area contributed by atoms with Crippen molar-refractivity contribution < 1.29 is 14.6 Å². The van der Waals surface area contributed by atoms with Gasteiger partial charge in [-0.05, 0) is 82.4 Å². The predicted octanol–water partition coefficient (Wildman–Crippen LogP) is 3.55. The summed E-state index contributed by atoms with van der Waals surface area (Å²) in [5, 5.41) is 10.4. The number of hydrogen-bond acceptors (Lipinski definition) is 5. The zero-order valence-corrected chi connectivity index (χ0v) is 18.2. The third-order valence-corrected chi connectivity index (χ3v) is 6.22. The molecule has 5 heteroatoms. The lowest BCUT2D eigenvalue weighted by Crippen LogP contribution is -2.36. The van der Waals surface area contributed by atoms with Gasteiger partial charge in [0.2, 0.25) is 0 Å². The number of rotatable bonds is 10. The predicted molar refractivity (Wildman–Crippen MR) is 117 cm³/mol. The maximum Gasteiger partial charge on any atom is 0.119 e. The molecule has 0 aliphatic carbocycles. The Morgan fingerprint density at radius 3 is 2.69 bits per heavy atom. The van der Waals surface area contributed by atoms with E-state index in [0.717, 1.165) is 51.1 Å². The number of hydrogen-bond donors (Lipinski definition) is 1. The Morgan fingerprint density at radius 2 is 1.93 bits per heavy atom. The molecule has 1 aromatic carbocycles. The standard InChI is InChI=1S/C24H40N2O3/c1-25(14-9-21-10-15-28-16-11-21)18-22-7-6-8-24(17-22)29-20-23(27)19-26-12-4-2-3-5-13-26/h6-8,17,21,23,27H,2-5,9-16,18-20H2,1H3. The molecule has 29 heavy (non-hydrogen) atoms.